The molecule has 0 bridgehead atoms. The van der Waals surface area contributed by atoms with E-state index in [0.29, 0.717) is 5.92 Å². The topological polar surface area (TPSA) is 61.4 Å². The predicted molar refractivity (Wildman–Crippen MR) is 76.6 cm³/mol. The standard InChI is InChI=1S/C15H19N3O2/c19-14-10-18(15(20)9-17-14)13-6-2-1-5-12(13)11-4-3-7-16-8-11/h1-2,5-6,11,16H,3-4,7-10H2,(H,17,19). The molecular weight excluding hydrogens is 254 g/mol. The molecule has 2 aliphatic heterocycles. The van der Waals surface area contributed by atoms with Gasteiger partial charge in [0.2, 0.25) is 11.8 Å². The van der Waals surface area contributed by atoms with Crippen LogP contribution >= 0.6 is 0 Å². The summed E-state index contributed by atoms with van der Waals surface area (Å²) in [6.45, 7) is 2.21. The molecule has 0 saturated carbocycles. The van der Waals surface area contributed by atoms with Crippen LogP contribution in [0.4, 0.5) is 5.69 Å². The third-order valence-corrected chi connectivity index (χ3v) is 4.00. The lowest BCUT2D eigenvalue weighted by molar-refractivity contribution is -0.128. The molecule has 2 fully saturated rings. The number of nitrogens with zero attached hydrogens (tertiary/aromatic N) is 1. The second kappa shape index (κ2) is 5.63. The van der Waals surface area contributed by atoms with Crippen molar-refractivity contribution in [3.63, 3.8) is 0 Å². The van der Waals surface area contributed by atoms with E-state index >= 15 is 0 Å². The van der Waals surface area contributed by atoms with Gasteiger partial charge >= 0.3 is 0 Å². The fourth-order valence-electron chi connectivity index (χ4n) is 2.97. The minimum absolute atomic E-state index is 0.0409. The Morgan fingerprint density at radius 2 is 2.05 bits per heavy atom. The molecule has 3 rings (SSSR count). The molecule has 5 heteroatoms. The number of carbonyl (C=O) groups excluding carboxylic acids is 2. The van der Waals surface area contributed by atoms with Crippen LogP contribution in [0.3, 0.4) is 0 Å². The number of para-hydroxylation sites is 1. The first-order valence-electron chi connectivity index (χ1n) is 7.12. The van der Waals surface area contributed by atoms with E-state index in [4.69, 9.17) is 0 Å². The number of nitrogens with one attached hydrogen (secondary N) is 2. The van der Waals surface area contributed by atoms with E-state index in [9.17, 15) is 9.59 Å². The van der Waals surface area contributed by atoms with Crippen molar-refractivity contribution in [2.45, 2.75) is 18.8 Å². The molecule has 2 N–H and O–H groups in total. The molecular formula is C15H19N3O2. The van der Waals surface area contributed by atoms with Crippen molar-refractivity contribution in [1.82, 2.24) is 10.6 Å². The summed E-state index contributed by atoms with van der Waals surface area (Å²) in [6, 6.07) is 7.95. The number of hydrogen-bond donors (Lipinski definition) is 2. The van der Waals surface area contributed by atoms with E-state index < -0.39 is 0 Å². The highest BCUT2D eigenvalue weighted by atomic mass is 16.2. The van der Waals surface area contributed by atoms with Crippen LogP contribution in [0.2, 0.25) is 0 Å². The number of benzene rings is 1. The number of piperidine rings is 1. The van der Waals surface area contributed by atoms with Crippen molar-refractivity contribution in [3.8, 4) is 0 Å². The van der Waals surface area contributed by atoms with E-state index in [2.05, 4.69) is 16.7 Å². The molecule has 0 aliphatic carbocycles. The zero-order valence-electron chi connectivity index (χ0n) is 11.4. The molecule has 2 aliphatic rings. The van der Waals surface area contributed by atoms with Crippen LogP contribution in [-0.2, 0) is 9.59 Å². The Bertz CT molecular complexity index is 524. The average molecular weight is 273 g/mol. The third kappa shape index (κ3) is 2.54. The van der Waals surface area contributed by atoms with Gasteiger partial charge in [-0.2, -0.15) is 0 Å². The Kier molecular flexibility index (Phi) is 3.69. The van der Waals surface area contributed by atoms with Crippen LogP contribution in [0.15, 0.2) is 24.3 Å². The van der Waals surface area contributed by atoms with Crippen LogP contribution in [0.25, 0.3) is 0 Å². The number of carbonyl (C=O) groups is 2. The fraction of sp³-hybridized carbons (Fsp3) is 0.467. The number of piperazine rings is 1. The second-order valence-electron chi connectivity index (χ2n) is 5.36. The minimum Gasteiger partial charge on any atom is -0.345 e. The number of rotatable bonds is 2. The minimum atomic E-state index is -0.0961. The van der Waals surface area contributed by atoms with Gasteiger partial charge in [-0.15, -0.1) is 0 Å². The number of anilines is 1. The first-order valence-corrected chi connectivity index (χ1v) is 7.12. The van der Waals surface area contributed by atoms with Gasteiger partial charge in [-0.1, -0.05) is 18.2 Å². The molecule has 2 amide bonds. The quantitative estimate of drug-likeness (QED) is 0.830. The van der Waals surface area contributed by atoms with Gasteiger partial charge in [-0.25, -0.2) is 0 Å². The van der Waals surface area contributed by atoms with Gasteiger partial charge in [0.1, 0.15) is 6.54 Å². The average Bonchev–Trinajstić information content (AvgIpc) is 2.51. The summed E-state index contributed by atoms with van der Waals surface area (Å²) in [5.74, 6) is 0.278. The molecule has 20 heavy (non-hydrogen) atoms. The van der Waals surface area contributed by atoms with Crippen LogP contribution < -0.4 is 15.5 Å². The second-order valence-corrected chi connectivity index (χ2v) is 5.36. The summed E-state index contributed by atoms with van der Waals surface area (Å²) in [5, 5.41) is 5.99. The Balaban J connectivity index is 1.92. The molecule has 0 spiro atoms. The highest BCUT2D eigenvalue weighted by molar-refractivity contribution is 6.05. The van der Waals surface area contributed by atoms with Crippen LogP contribution in [0, 0.1) is 0 Å². The molecule has 1 aromatic rings. The van der Waals surface area contributed by atoms with E-state index in [0.717, 1.165) is 31.6 Å². The van der Waals surface area contributed by atoms with Gasteiger partial charge < -0.3 is 15.5 Å². The van der Waals surface area contributed by atoms with Crippen molar-refractivity contribution in [2.24, 2.45) is 0 Å². The van der Waals surface area contributed by atoms with E-state index in [1.54, 1.807) is 4.90 Å². The highest BCUT2D eigenvalue weighted by Crippen LogP contribution is 2.32. The van der Waals surface area contributed by atoms with Crippen molar-refractivity contribution < 1.29 is 9.59 Å². The van der Waals surface area contributed by atoms with Gasteiger partial charge in [0.15, 0.2) is 0 Å². The Hall–Kier alpha value is -1.88. The van der Waals surface area contributed by atoms with Gasteiger partial charge in [-0.3, -0.25) is 9.59 Å². The lowest BCUT2D eigenvalue weighted by atomic mass is 9.90. The van der Waals surface area contributed by atoms with E-state index in [-0.39, 0.29) is 24.9 Å². The Morgan fingerprint density at radius 1 is 1.20 bits per heavy atom. The molecule has 2 saturated heterocycles. The summed E-state index contributed by atoms with van der Waals surface area (Å²) < 4.78 is 0. The Labute approximate surface area is 118 Å². The molecule has 0 aromatic heterocycles. The van der Waals surface area contributed by atoms with Crippen LogP contribution in [-0.4, -0.2) is 38.0 Å². The van der Waals surface area contributed by atoms with E-state index in [1.165, 1.54) is 5.56 Å². The fourth-order valence-corrected chi connectivity index (χ4v) is 2.97. The summed E-state index contributed by atoms with van der Waals surface area (Å²) in [6.07, 6.45) is 2.27. The summed E-state index contributed by atoms with van der Waals surface area (Å²) in [5.41, 5.74) is 2.06. The number of hydrogen-bond acceptors (Lipinski definition) is 3. The van der Waals surface area contributed by atoms with Gasteiger partial charge in [-0.05, 0) is 36.9 Å². The molecule has 5 nitrogen and oxygen atoms in total. The van der Waals surface area contributed by atoms with Crippen LogP contribution in [0.5, 0.6) is 0 Å². The molecule has 106 valence electrons. The van der Waals surface area contributed by atoms with Gasteiger partial charge in [0.25, 0.3) is 0 Å². The van der Waals surface area contributed by atoms with Gasteiger partial charge in [0, 0.05) is 12.2 Å². The first-order chi connectivity index (χ1) is 9.75. The highest BCUT2D eigenvalue weighted by Gasteiger charge is 2.28. The SMILES string of the molecule is O=C1CN(c2ccccc2C2CCCNC2)C(=O)CN1. The lowest BCUT2D eigenvalue weighted by Gasteiger charge is -2.32. The zero-order chi connectivity index (χ0) is 13.9. The maximum Gasteiger partial charge on any atom is 0.246 e. The summed E-state index contributed by atoms with van der Waals surface area (Å²) in [4.78, 5) is 25.2. The van der Waals surface area contributed by atoms with Crippen molar-refractivity contribution >= 4 is 17.5 Å². The molecule has 1 unspecified atom stereocenters. The van der Waals surface area contributed by atoms with Gasteiger partial charge in [0.05, 0.1) is 6.54 Å². The normalized spacial score (nSPS) is 23.6. The predicted octanol–water partition coefficient (Wildman–Crippen LogP) is 0.616. The number of amides is 2. The largest absolute Gasteiger partial charge is 0.345 e. The van der Waals surface area contributed by atoms with Crippen molar-refractivity contribution in [3.05, 3.63) is 29.8 Å². The maximum absolute atomic E-state index is 12.1. The van der Waals surface area contributed by atoms with Crippen molar-refractivity contribution in [2.75, 3.05) is 31.1 Å². The maximum atomic E-state index is 12.1. The monoisotopic (exact) mass is 273 g/mol. The smallest absolute Gasteiger partial charge is 0.246 e. The molecule has 1 aromatic carbocycles. The molecule has 1 atom stereocenters. The molecule has 2 heterocycles. The molecule has 0 radical (unpaired) electrons. The zero-order valence-corrected chi connectivity index (χ0v) is 11.4. The summed E-state index contributed by atoms with van der Waals surface area (Å²) in [7, 11) is 0. The summed E-state index contributed by atoms with van der Waals surface area (Å²) >= 11 is 0. The first kappa shape index (κ1) is 13.1. The third-order valence-electron chi connectivity index (χ3n) is 4.00. The van der Waals surface area contributed by atoms with Crippen LogP contribution in [0.1, 0.15) is 24.3 Å². The Morgan fingerprint density at radius 3 is 2.85 bits per heavy atom. The lowest BCUT2D eigenvalue weighted by Crippen LogP contribution is -2.52. The van der Waals surface area contributed by atoms with E-state index in [1.807, 2.05) is 18.2 Å². The van der Waals surface area contributed by atoms with Crippen molar-refractivity contribution in [1.29, 1.82) is 0 Å².